The number of likely N-dealkylation sites (N-methyl/N-ethyl adjacent to an activating group) is 1. The zero-order valence-corrected chi connectivity index (χ0v) is 11.2. The lowest BCUT2D eigenvalue weighted by Crippen LogP contribution is -2.45. The third-order valence-electron chi connectivity index (χ3n) is 3.16. The van der Waals surface area contributed by atoms with Crippen LogP contribution < -0.4 is 16.4 Å². The monoisotopic (exact) mass is 281 g/mol. The van der Waals surface area contributed by atoms with Crippen LogP contribution in [0.3, 0.4) is 0 Å². The third kappa shape index (κ3) is 2.82. The summed E-state index contributed by atoms with van der Waals surface area (Å²) in [4.78, 5) is 9.45. The molecule has 6 N–H and O–H groups in total. The minimum absolute atomic E-state index is 0.168. The average molecular weight is 281 g/mol. The van der Waals surface area contributed by atoms with E-state index in [0.29, 0.717) is 12.2 Å². The molecule has 1 aromatic rings. The summed E-state index contributed by atoms with van der Waals surface area (Å²) in [5.41, 5.74) is 11.7. The van der Waals surface area contributed by atoms with Gasteiger partial charge >= 0.3 is 0 Å². The van der Waals surface area contributed by atoms with E-state index in [0.717, 1.165) is 0 Å². The highest BCUT2D eigenvalue weighted by Gasteiger charge is 2.30. The maximum Gasteiger partial charge on any atom is 0.159 e. The number of nitrogens with zero attached hydrogens (tertiary/aromatic N) is 3. The van der Waals surface area contributed by atoms with Gasteiger partial charge < -0.3 is 31.3 Å². The highest BCUT2D eigenvalue weighted by atomic mass is 16.5. The van der Waals surface area contributed by atoms with Crippen LogP contribution in [-0.4, -0.2) is 52.3 Å². The summed E-state index contributed by atoms with van der Waals surface area (Å²) in [5, 5.41) is 19.4. The normalized spacial score (nSPS) is 26.2. The number of rotatable bonds is 3. The molecule has 1 aliphatic heterocycles. The zero-order chi connectivity index (χ0) is 14.7. The summed E-state index contributed by atoms with van der Waals surface area (Å²) in [6.07, 6.45) is 3.24. The highest BCUT2D eigenvalue weighted by Crippen LogP contribution is 2.27. The molecule has 0 spiro atoms. The Bertz CT molecular complexity index is 496. The number of aliphatic hydroxyl groups is 2. The van der Waals surface area contributed by atoms with Gasteiger partial charge in [-0.05, 0) is 6.42 Å². The Balaban J connectivity index is 2.26. The molecule has 0 fully saturated rings. The molecule has 0 unspecified atom stereocenters. The van der Waals surface area contributed by atoms with E-state index in [4.69, 9.17) is 16.2 Å². The molecule has 1 aliphatic rings. The van der Waals surface area contributed by atoms with Crippen molar-refractivity contribution in [1.82, 2.24) is 9.97 Å². The molecule has 8 nitrogen and oxygen atoms in total. The highest BCUT2D eigenvalue weighted by molar-refractivity contribution is 5.73. The second-order valence-corrected chi connectivity index (χ2v) is 4.59. The molecule has 2 rings (SSSR count). The first-order chi connectivity index (χ1) is 9.54. The molecular weight excluding hydrogens is 262 g/mol. The Morgan fingerprint density at radius 3 is 2.90 bits per heavy atom. The lowest BCUT2D eigenvalue weighted by Gasteiger charge is -2.33. The summed E-state index contributed by atoms with van der Waals surface area (Å²) in [7, 11) is 1.69. The second-order valence-electron chi connectivity index (χ2n) is 4.59. The van der Waals surface area contributed by atoms with Crippen molar-refractivity contribution in [3.8, 4) is 0 Å². The van der Waals surface area contributed by atoms with Crippen molar-refractivity contribution in [2.75, 3.05) is 30.0 Å². The summed E-state index contributed by atoms with van der Waals surface area (Å²) in [5.74, 6) is 0.543. The topological polar surface area (TPSA) is 131 Å². The lowest BCUT2D eigenvalue weighted by atomic mass is 10.2. The van der Waals surface area contributed by atoms with Crippen LogP contribution >= 0.6 is 0 Å². The van der Waals surface area contributed by atoms with Crippen LogP contribution in [0, 0.1) is 0 Å². The summed E-state index contributed by atoms with van der Waals surface area (Å²) < 4.78 is 5.67. The Labute approximate surface area is 116 Å². The number of anilines is 3. The SMILES string of the molecule is CN(c1ncnc(N)c1N)[C@@H]1O[C@H](CO)C=CC[C@H]1O. The van der Waals surface area contributed by atoms with Crippen LogP contribution in [0.5, 0.6) is 0 Å². The number of hydrogen-bond acceptors (Lipinski definition) is 8. The van der Waals surface area contributed by atoms with Crippen molar-refractivity contribution in [2.45, 2.75) is 24.9 Å². The number of hydrogen-bond donors (Lipinski definition) is 4. The molecule has 0 aromatic carbocycles. The van der Waals surface area contributed by atoms with Gasteiger partial charge in [0.25, 0.3) is 0 Å². The fourth-order valence-electron chi connectivity index (χ4n) is 2.06. The molecule has 20 heavy (non-hydrogen) atoms. The molecule has 0 saturated heterocycles. The van der Waals surface area contributed by atoms with Gasteiger partial charge in [0.2, 0.25) is 0 Å². The van der Waals surface area contributed by atoms with Crippen LogP contribution in [-0.2, 0) is 4.74 Å². The van der Waals surface area contributed by atoms with Crippen molar-refractivity contribution in [3.05, 3.63) is 18.5 Å². The lowest BCUT2D eigenvalue weighted by molar-refractivity contribution is -0.0673. The minimum Gasteiger partial charge on any atom is -0.393 e. The third-order valence-corrected chi connectivity index (χ3v) is 3.16. The Morgan fingerprint density at radius 2 is 2.20 bits per heavy atom. The van der Waals surface area contributed by atoms with E-state index < -0.39 is 18.4 Å². The van der Waals surface area contributed by atoms with Crippen molar-refractivity contribution in [2.24, 2.45) is 0 Å². The molecule has 0 amide bonds. The molecule has 0 bridgehead atoms. The zero-order valence-electron chi connectivity index (χ0n) is 11.2. The van der Waals surface area contributed by atoms with Gasteiger partial charge in [0, 0.05) is 7.05 Å². The van der Waals surface area contributed by atoms with Gasteiger partial charge in [0.15, 0.2) is 17.9 Å². The van der Waals surface area contributed by atoms with Crippen LogP contribution in [0.25, 0.3) is 0 Å². The Kier molecular flexibility index (Phi) is 4.38. The molecule has 0 aliphatic carbocycles. The van der Waals surface area contributed by atoms with Gasteiger partial charge in [0.1, 0.15) is 24.2 Å². The van der Waals surface area contributed by atoms with Crippen LogP contribution in [0.4, 0.5) is 17.3 Å². The van der Waals surface area contributed by atoms with Gasteiger partial charge in [-0.3, -0.25) is 0 Å². The van der Waals surface area contributed by atoms with Gasteiger partial charge in [-0.25, -0.2) is 9.97 Å². The first-order valence-corrected chi connectivity index (χ1v) is 6.24. The van der Waals surface area contributed by atoms with E-state index in [1.54, 1.807) is 24.1 Å². The molecule has 3 atom stereocenters. The number of aliphatic hydroxyl groups excluding tert-OH is 2. The number of aromatic nitrogens is 2. The van der Waals surface area contributed by atoms with E-state index in [1.165, 1.54) is 6.33 Å². The molecular formula is C12H19N5O3. The van der Waals surface area contributed by atoms with Gasteiger partial charge in [-0.1, -0.05) is 12.2 Å². The van der Waals surface area contributed by atoms with Crippen molar-refractivity contribution in [1.29, 1.82) is 0 Å². The number of nitrogen functional groups attached to an aromatic ring is 2. The quantitative estimate of drug-likeness (QED) is 0.524. The first kappa shape index (κ1) is 14.5. The van der Waals surface area contributed by atoms with E-state index >= 15 is 0 Å². The molecule has 1 aromatic heterocycles. The molecule has 2 heterocycles. The summed E-state index contributed by atoms with van der Waals surface area (Å²) >= 11 is 0. The molecule has 110 valence electrons. The van der Waals surface area contributed by atoms with E-state index in [-0.39, 0.29) is 18.1 Å². The predicted molar refractivity (Wildman–Crippen MR) is 74.8 cm³/mol. The maximum atomic E-state index is 10.1. The van der Waals surface area contributed by atoms with Crippen LogP contribution in [0.15, 0.2) is 18.5 Å². The fraction of sp³-hybridized carbons (Fsp3) is 0.500. The number of ether oxygens (including phenoxy) is 1. The first-order valence-electron chi connectivity index (χ1n) is 6.24. The van der Waals surface area contributed by atoms with Gasteiger partial charge in [-0.2, -0.15) is 0 Å². The molecule has 8 heteroatoms. The van der Waals surface area contributed by atoms with E-state index in [2.05, 4.69) is 9.97 Å². The second kappa shape index (κ2) is 6.04. The predicted octanol–water partition coefficient (Wildman–Crippen LogP) is -0.898. The summed E-state index contributed by atoms with van der Waals surface area (Å²) in [6, 6.07) is 0. The molecule has 0 radical (unpaired) electrons. The maximum absolute atomic E-state index is 10.1. The number of nitrogens with two attached hydrogens (primary N) is 2. The van der Waals surface area contributed by atoms with Crippen molar-refractivity contribution >= 4 is 17.3 Å². The Morgan fingerprint density at radius 1 is 1.45 bits per heavy atom. The fourth-order valence-corrected chi connectivity index (χ4v) is 2.06. The largest absolute Gasteiger partial charge is 0.393 e. The van der Waals surface area contributed by atoms with Crippen LogP contribution in [0.2, 0.25) is 0 Å². The molecule has 0 saturated carbocycles. The van der Waals surface area contributed by atoms with E-state index in [1.807, 2.05) is 0 Å². The average Bonchev–Trinajstić information content (AvgIpc) is 2.63. The van der Waals surface area contributed by atoms with Crippen molar-refractivity contribution < 1.29 is 14.9 Å². The van der Waals surface area contributed by atoms with E-state index in [9.17, 15) is 10.2 Å². The van der Waals surface area contributed by atoms with Crippen molar-refractivity contribution in [3.63, 3.8) is 0 Å². The standard InChI is InChI=1S/C12H19N5O3/c1-17(11-9(13)10(14)15-6-16-11)12-8(19)4-2-3-7(5-18)20-12/h2-3,6-8,12,18-19H,4-5,13H2,1H3,(H2,14,15,16)/t7-,8+,12+/m0/s1. The van der Waals surface area contributed by atoms with Gasteiger partial charge in [-0.15, -0.1) is 0 Å². The van der Waals surface area contributed by atoms with Gasteiger partial charge in [0.05, 0.1) is 6.61 Å². The summed E-state index contributed by atoms with van der Waals surface area (Å²) in [6.45, 7) is -0.172. The Hall–Kier alpha value is -1.90. The van der Waals surface area contributed by atoms with Crippen LogP contribution in [0.1, 0.15) is 6.42 Å². The smallest absolute Gasteiger partial charge is 0.159 e. The minimum atomic E-state index is -0.775.